The Kier molecular flexibility index (Phi) is 2.42. The van der Waals surface area contributed by atoms with E-state index in [0.717, 1.165) is 12.1 Å². The van der Waals surface area contributed by atoms with Crippen molar-refractivity contribution >= 4 is 0 Å². The summed E-state index contributed by atoms with van der Waals surface area (Å²) in [6, 6.07) is 2.02. The summed E-state index contributed by atoms with van der Waals surface area (Å²) < 4.78 is 1.57. The first-order valence-electron chi connectivity index (χ1n) is 4.60. The molecule has 0 N–H and O–H groups in total. The van der Waals surface area contributed by atoms with Crippen LogP contribution in [0.15, 0.2) is 24.8 Å². The monoisotopic (exact) mass is 199 g/mol. The minimum Gasteiger partial charge on any atom is -0.256 e. The van der Waals surface area contributed by atoms with E-state index in [1.165, 1.54) is 6.20 Å². The first-order valence-corrected chi connectivity index (χ1v) is 4.60. The van der Waals surface area contributed by atoms with Crippen molar-refractivity contribution in [3.8, 4) is 11.9 Å². The van der Waals surface area contributed by atoms with Gasteiger partial charge in [0, 0.05) is 12.4 Å². The van der Waals surface area contributed by atoms with Crippen molar-refractivity contribution in [3.63, 3.8) is 0 Å². The Labute approximate surface area is 87.0 Å². The highest BCUT2D eigenvalue weighted by Crippen LogP contribution is 2.08. The average Bonchev–Trinajstić information content (AvgIpc) is 2.77. The quantitative estimate of drug-likeness (QED) is 0.726. The molecule has 0 bridgehead atoms. The number of hydrogen-bond acceptors (Lipinski definition) is 4. The van der Waals surface area contributed by atoms with E-state index in [4.69, 9.17) is 5.26 Å². The minimum absolute atomic E-state index is 0.516. The number of nitriles is 1. The molecule has 5 heteroatoms. The Morgan fingerprint density at radius 3 is 2.87 bits per heavy atom. The van der Waals surface area contributed by atoms with Crippen molar-refractivity contribution in [1.29, 1.82) is 5.26 Å². The van der Waals surface area contributed by atoms with Crippen LogP contribution in [-0.4, -0.2) is 19.7 Å². The molecule has 5 nitrogen and oxygen atoms in total. The Morgan fingerprint density at radius 1 is 1.40 bits per heavy atom. The van der Waals surface area contributed by atoms with Gasteiger partial charge in [0.05, 0.1) is 23.7 Å². The molecule has 0 amide bonds. The van der Waals surface area contributed by atoms with Gasteiger partial charge in [0.15, 0.2) is 5.82 Å². The topological polar surface area (TPSA) is 67.4 Å². The predicted octanol–water partition coefficient (Wildman–Crippen LogP) is 1.10. The van der Waals surface area contributed by atoms with E-state index >= 15 is 0 Å². The molecule has 2 aromatic heterocycles. The highest BCUT2D eigenvalue weighted by atomic mass is 15.3. The first-order chi connectivity index (χ1) is 7.35. The van der Waals surface area contributed by atoms with Crippen molar-refractivity contribution in [2.45, 2.75) is 13.3 Å². The molecule has 0 spiro atoms. The van der Waals surface area contributed by atoms with Crippen molar-refractivity contribution < 1.29 is 0 Å². The second-order valence-electron chi connectivity index (χ2n) is 2.97. The van der Waals surface area contributed by atoms with E-state index in [1.807, 2.05) is 13.0 Å². The second kappa shape index (κ2) is 3.88. The van der Waals surface area contributed by atoms with Crippen LogP contribution < -0.4 is 0 Å². The van der Waals surface area contributed by atoms with E-state index in [1.54, 1.807) is 23.3 Å². The van der Waals surface area contributed by atoms with Crippen LogP contribution in [0, 0.1) is 11.3 Å². The van der Waals surface area contributed by atoms with Crippen LogP contribution >= 0.6 is 0 Å². The molecule has 0 saturated heterocycles. The smallest absolute Gasteiger partial charge is 0.175 e. The van der Waals surface area contributed by atoms with Gasteiger partial charge in [-0.05, 0) is 6.42 Å². The third kappa shape index (κ3) is 1.70. The van der Waals surface area contributed by atoms with E-state index in [-0.39, 0.29) is 0 Å². The molecule has 2 heterocycles. The normalized spacial score (nSPS) is 9.87. The van der Waals surface area contributed by atoms with Gasteiger partial charge < -0.3 is 0 Å². The zero-order valence-electron chi connectivity index (χ0n) is 8.25. The van der Waals surface area contributed by atoms with Gasteiger partial charge in [-0.2, -0.15) is 10.4 Å². The van der Waals surface area contributed by atoms with E-state index < -0.39 is 0 Å². The van der Waals surface area contributed by atoms with E-state index in [0.29, 0.717) is 11.4 Å². The van der Waals surface area contributed by atoms with Crippen LogP contribution in [0.25, 0.3) is 5.82 Å². The molecule has 2 aromatic rings. The first kappa shape index (κ1) is 9.34. The number of rotatable bonds is 2. The van der Waals surface area contributed by atoms with Gasteiger partial charge in [0.2, 0.25) is 0 Å². The summed E-state index contributed by atoms with van der Waals surface area (Å²) in [6.07, 6.45) is 7.20. The molecule has 0 atom stereocenters. The summed E-state index contributed by atoms with van der Waals surface area (Å²) in [6.45, 7) is 2.00. The van der Waals surface area contributed by atoms with Crippen LogP contribution in [0.4, 0.5) is 0 Å². The summed E-state index contributed by atoms with van der Waals surface area (Å²) in [5.41, 5.74) is 1.38. The molecular formula is C10H9N5. The van der Waals surface area contributed by atoms with Gasteiger partial charge in [-0.15, -0.1) is 0 Å². The zero-order chi connectivity index (χ0) is 10.7. The van der Waals surface area contributed by atoms with Crippen LogP contribution in [0.1, 0.15) is 18.2 Å². The van der Waals surface area contributed by atoms with Crippen molar-refractivity contribution in [1.82, 2.24) is 19.7 Å². The highest BCUT2D eigenvalue weighted by Gasteiger charge is 2.06. The molecule has 0 saturated carbocycles. The van der Waals surface area contributed by atoms with Crippen molar-refractivity contribution in [2.24, 2.45) is 0 Å². The van der Waals surface area contributed by atoms with E-state index in [9.17, 15) is 0 Å². The summed E-state index contributed by atoms with van der Waals surface area (Å²) >= 11 is 0. The fourth-order valence-corrected chi connectivity index (χ4v) is 1.30. The fourth-order valence-electron chi connectivity index (χ4n) is 1.30. The van der Waals surface area contributed by atoms with Crippen LogP contribution in [-0.2, 0) is 6.42 Å². The number of aromatic nitrogens is 4. The standard InChI is InChI=1S/C10H9N5/c1-2-9-10(13-4-3-12-9)15-7-8(5-11)6-14-15/h3-4,6-7H,2H2,1H3. The van der Waals surface area contributed by atoms with Gasteiger partial charge in [-0.1, -0.05) is 6.92 Å². The van der Waals surface area contributed by atoms with Gasteiger partial charge in [0.1, 0.15) is 6.07 Å². The van der Waals surface area contributed by atoms with Gasteiger partial charge in [0.25, 0.3) is 0 Å². The van der Waals surface area contributed by atoms with Crippen molar-refractivity contribution in [3.05, 3.63) is 36.0 Å². The number of hydrogen-bond donors (Lipinski definition) is 0. The molecule has 0 aliphatic heterocycles. The lowest BCUT2D eigenvalue weighted by molar-refractivity contribution is 0.808. The average molecular weight is 199 g/mol. The molecule has 15 heavy (non-hydrogen) atoms. The molecular weight excluding hydrogens is 190 g/mol. The molecule has 0 aromatic carbocycles. The second-order valence-corrected chi connectivity index (χ2v) is 2.97. The van der Waals surface area contributed by atoms with Crippen molar-refractivity contribution in [2.75, 3.05) is 0 Å². The van der Waals surface area contributed by atoms with E-state index in [2.05, 4.69) is 15.1 Å². The van der Waals surface area contributed by atoms with Crippen LogP contribution in [0.2, 0.25) is 0 Å². The summed E-state index contributed by atoms with van der Waals surface area (Å²) in [4.78, 5) is 8.40. The summed E-state index contributed by atoms with van der Waals surface area (Å²) in [5, 5.41) is 12.7. The van der Waals surface area contributed by atoms with Crippen LogP contribution in [0.3, 0.4) is 0 Å². The Balaban J connectivity index is 2.49. The molecule has 0 radical (unpaired) electrons. The Bertz CT molecular complexity index is 509. The Morgan fingerprint density at radius 2 is 2.20 bits per heavy atom. The van der Waals surface area contributed by atoms with Gasteiger partial charge >= 0.3 is 0 Å². The molecule has 0 fully saturated rings. The number of aryl methyl sites for hydroxylation is 1. The van der Waals surface area contributed by atoms with Gasteiger partial charge in [-0.25, -0.2) is 9.67 Å². The van der Waals surface area contributed by atoms with Gasteiger partial charge in [-0.3, -0.25) is 4.98 Å². The molecule has 0 aliphatic carbocycles. The third-order valence-corrected chi connectivity index (χ3v) is 2.02. The fraction of sp³-hybridized carbons (Fsp3) is 0.200. The highest BCUT2D eigenvalue weighted by molar-refractivity contribution is 5.31. The summed E-state index contributed by atoms with van der Waals surface area (Å²) in [5.74, 6) is 0.682. The maximum atomic E-state index is 8.68. The Hall–Kier alpha value is -2.22. The predicted molar refractivity (Wildman–Crippen MR) is 53.2 cm³/mol. The molecule has 2 rings (SSSR count). The third-order valence-electron chi connectivity index (χ3n) is 2.02. The lowest BCUT2D eigenvalue weighted by Gasteiger charge is -2.03. The molecule has 74 valence electrons. The molecule has 0 aliphatic rings. The SMILES string of the molecule is CCc1nccnc1-n1cc(C#N)cn1. The lowest BCUT2D eigenvalue weighted by atomic mass is 10.3. The minimum atomic E-state index is 0.516. The maximum absolute atomic E-state index is 8.68. The zero-order valence-corrected chi connectivity index (χ0v) is 8.25. The maximum Gasteiger partial charge on any atom is 0.175 e. The molecule has 0 unspecified atom stereocenters. The largest absolute Gasteiger partial charge is 0.256 e. The number of nitrogens with zero attached hydrogens (tertiary/aromatic N) is 5. The lowest BCUT2D eigenvalue weighted by Crippen LogP contribution is -2.04. The summed E-state index contributed by atoms with van der Waals surface area (Å²) in [7, 11) is 0. The van der Waals surface area contributed by atoms with Crippen LogP contribution in [0.5, 0.6) is 0 Å².